The van der Waals surface area contributed by atoms with Crippen molar-refractivity contribution in [3.63, 3.8) is 0 Å². The van der Waals surface area contributed by atoms with Crippen molar-refractivity contribution in [3.05, 3.63) is 59.7 Å². The van der Waals surface area contributed by atoms with Gasteiger partial charge in [0, 0.05) is 10.5 Å². The van der Waals surface area contributed by atoms with Gasteiger partial charge in [0.2, 0.25) is 0 Å². The number of benzene rings is 2. The average Bonchev–Trinajstić information content (AvgIpc) is 2.88. The molecule has 6 heteroatoms. The Labute approximate surface area is 207 Å². The van der Waals surface area contributed by atoms with Gasteiger partial charge in [-0.3, -0.25) is 0 Å². The molecule has 2 aromatic carbocycles. The molecule has 34 heavy (non-hydrogen) atoms. The number of thioether (sulfide) groups is 1. The summed E-state index contributed by atoms with van der Waals surface area (Å²) in [6.07, 6.45) is 9.12. The lowest BCUT2D eigenvalue weighted by molar-refractivity contribution is -0.289. The maximum absolute atomic E-state index is 8.80. The van der Waals surface area contributed by atoms with Crippen molar-refractivity contribution in [2.45, 2.75) is 87.8 Å². The minimum absolute atomic E-state index is 0.0306. The summed E-state index contributed by atoms with van der Waals surface area (Å²) in [5.41, 5.74) is 2.15. The van der Waals surface area contributed by atoms with Gasteiger partial charge in [0.15, 0.2) is 6.29 Å². The van der Waals surface area contributed by atoms with Crippen molar-refractivity contribution >= 4 is 11.8 Å². The Morgan fingerprint density at radius 1 is 0.882 bits per heavy atom. The molecule has 0 amide bonds. The van der Waals surface area contributed by atoms with E-state index in [1.165, 1.54) is 37.7 Å². The Morgan fingerprint density at radius 2 is 1.62 bits per heavy atom. The van der Waals surface area contributed by atoms with Crippen LogP contribution < -0.4 is 4.74 Å². The number of hydrogen-bond donors (Lipinski definition) is 0. The molecule has 182 valence electrons. The molecule has 0 N–H and O–H groups in total. The molecule has 2 aliphatic rings. The van der Waals surface area contributed by atoms with Crippen LogP contribution in [0.25, 0.3) is 0 Å². The predicted molar refractivity (Wildman–Crippen MR) is 134 cm³/mol. The van der Waals surface area contributed by atoms with Gasteiger partial charge in [-0.25, -0.2) is 0 Å². The van der Waals surface area contributed by atoms with Crippen molar-refractivity contribution in [2.24, 2.45) is 0 Å². The van der Waals surface area contributed by atoms with E-state index >= 15 is 0 Å². The molecular weight excluding hydrogens is 446 g/mol. The maximum Gasteiger partial charge on any atom is 0.184 e. The van der Waals surface area contributed by atoms with Crippen LogP contribution in [0.3, 0.4) is 0 Å². The van der Waals surface area contributed by atoms with Gasteiger partial charge in [0.05, 0.1) is 25.4 Å². The molecule has 2 fully saturated rings. The third-order valence-corrected chi connectivity index (χ3v) is 7.11. The zero-order chi connectivity index (χ0) is 23.6. The number of nitriles is 1. The largest absolute Gasteiger partial charge is 0.494 e. The first-order chi connectivity index (χ1) is 16.8. The molecule has 5 nitrogen and oxygen atoms in total. The van der Waals surface area contributed by atoms with E-state index in [1.54, 1.807) is 0 Å². The highest BCUT2D eigenvalue weighted by atomic mass is 32.2. The van der Waals surface area contributed by atoms with Crippen molar-refractivity contribution in [1.82, 2.24) is 0 Å². The van der Waals surface area contributed by atoms with E-state index in [0.29, 0.717) is 6.61 Å². The molecule has 2 aliphatic heterocycles. The first-order valence-corrected chi connectivity index (χ1v) is 13.4. The summed E-state index contributed by atoms with van der Waals surface area (Å²) < 4.78 is 24.5. The van der Waals surface area contributed by atoms with Gasteiger partial charge in [-0.1, -0.05) is 63.3 Å². The minimum Gasteiger partial charge on any atom is -0.494 e. The lowest BCUT2D eigenvalue weighted by Crippen LogP contribution is -2.45. The molecule has 0 unspecified atom stereocenters. The maximum atomic E-state index is 8.80. The van der Waals surface area contributed by atoms with E-state index in [-0.39, 0.29) is 24.6 Å². The van der Waals surface area contributed by atoms with E-state index in [0.717, 1.165) is 53.8 Å². The van der Waals surface area contributed by atoms with Crippen molar-refractivity contribution in [1.29, 1.82) is 5.26 Å². The highest BCUT2D eigenvalue weighted by Gasteiger charge is 2.38. The fraction of sp³-hybridized carbons (Fsp3) is 0.536. The molecule has 0 spiro atoms. The average molecular weight is 482 g/mol. The van der Waals surface area contributed by atoms with E-state index in [9.17, 15) is 0 Å². The third-order valence-electron chi connectivity index (χ3n) is 6.51. The summed E-state index contributed by atoms with van der Waals surface area (Å²) in [6.45, 7) is 3.54. The number of ether oxygens (including phenoxy) is 4. The SMILES string of the molecule is CCCCCCCCOc1ccc([C@H]2CC[C@@H]3O[C@H](c4ccc(SC#N)cc4)OC[C@H]3O2)cc1. The van der Waals surface area contributed by atoms with Gasteiger partial charge in [-0.15, -0.1) is 0 Å². The number of hydrogen-bond acceptors (Lipinski definition) is 6. The van der Waals surface area contributed by atoms with Gasteiger partial charge in [0.25, 0.3) is 0 Å². The predicted octanol–water partition coefficient (Wildman–Crippen LogP) is 7.33. The van der Waals surface area contributed by atoms with Gasteiger partial charge < -0.3 is 18.9 Å². The molecule has 4 rings (SSSR count). The van der Waals surface area contributed by atoms with Gasteiger partial charge in [0.1, 0.15) is 17.3 Å². The summed E-state index contributed by atoms with van der Waals surface area (Å²) >= 11 is 1.15. The second kappa shape index (κ2) is 13.2. The van der Waals surface area contributed by atoms with Crippen LogP contribution in [0.5, 0.6) is 5.75 Å². The second-order valence-corrected chi connectivity index (χ2v) is 9.89. The van der Waals surface area contributed by atoms with Gasteiger partial charge in [-0.2, -0.15) is 5.26 Å². The van der Waals surface area contributed by atoms with E-state index in [1.807, 2.05) is 24.3 Å². The van der Waals surface area contributed by atoms with Crippen molar-refractivity contribution < 1.29 is 18.9 Å². The smallest absolute Gasteiger partial charge is 0.184 e. The first kappa shape index (κ1) is 25.1. The fourth-order valence-corrected chi connectivity index (χ4v) is 4.95. The second-order valence-electron chi connectivity index (χ2n) is 9.03. The molecule has 0 saturated carbocycles. The minimum atomic E-state index is -0.384. The van der Waals surface area contributed by atoms with E-state index < -0.39 is 0 Å². The van der Waals surface area contributed by atoms with Crippen LogP contribution in [-0.2, 0) is 14.2 Å². The summed E-state index contributed by atoms with van der Waals surface area (Å²) in [6, 6.07) is 16.1. The Kier molecular flexibility index (Phi) is 9.70. The van der Waals surface area contributed by atoms with Crippen LogP contribution in [0.15, 0.2) is 53.4 Å². The normalized spacial score (nSPS) is 24.2. The van der Waals surface area contributed by atoms with Crippen LogP contribution in [0, 0.1) is 10.7 Å². The topological polar surface area (TPSA) is 60.7 Å². The summed E-state index contributed by atoms with van der Waals surface area (Å²) in [7, 11) is 0. The number of nitrogens with zero attached hydrogens (tertiary/aromatic N) is 1. The Morgan fingerprint density at radius 3 is 2.38 bits per heavy atom. The summed E-state index contributed by atoms with van der Waals surface area (Å²) in [5, 5.41) is 10.9. The highest BCUT2D eigenvalue weighted by molar-refractivity contribution is 8.03. The third kappa shape index (κ3) is 6.99. The molecule has 0 radical (unpaired) electrons. The zero-order valence-corrected chi connectivity index (χ0v) is 20.8. The monoisotopic (exact) mass is 481 g/mol. The Hall–Kier alpha value is -2.04. The fourth-order valence-electron chi connectivity index (χ4n) is 4.57. The van der Waals surface area contributed by atoms with Crippen LogP contribution >= 0.6 is 11.8 Å². The molecule has 0 aromatic heterocycles. The molecule has 2 heterocycles. The molecule has 0 aliphatic carbocycles. The van der Waals surface area contributed by atoms with Crippen LogP contribution in [0.4, 0.5) is 0 Å². The van der Waals surface area contributed by atoms with E-state index in [4.69, 9.17) is 24.2 Å². The highest BCUT2D eigenvalue weighted by Crippen LogP contribution is 2.39. The lowest BCUT2D eigenvalue weighted by atomic mass is 9.95. The number of unbranched alkanes of at least 4 members (excludes halogenated alkanes) is 5. The zero-order valence-electron chi connectivity index (χ0n) is 20.0. The lowest BCUT2D eigenvalue weighted by Gasteiger charge is -2.42. The molecule has 0 bridgehead atoms. The first-order valence-electron chi connectivity index (χ1n) is 12.6. The quantitative estimate of drug-likeness (QED) is 0.190. The molecular formula is C28H35NO4S. The van der Waals surface area contributed by atoms with Crippen molar-refractivity contribution in [2.75, 3.05) is 13.2 Å². The van der Waals surface area contributed by atoms with Crippen LogP contribution in [0.1, 0.15) is 81.8 Å². The number of fused-ring (bicyclic) bond motifs is 1. The van der Waals surface area contributed by atoms with Gasteiger partial charge in [-0.05, 0) is 60.9 Å². The van der Waals surface area contributed by atoms with Crippen molar-refractivity contribution in [3.8, 4) is 11.2 Å². The standard InChI is InChI=1S/C28H35NO4S/c1-2-3-4-5-6-7-18-30-23-12-8-21(9-13-23)25-16-17-26-27(32-25)19-31-28(33-26)22-10-14-24(15-11-22)34-20-29/h8-15,25-28H,2-7,16-19H2,1H3/t25-,26+,27-,28-/m1/s1. The molecule has 4 atom stereocenters. The Balaban J connectivity index is 1.21. The van der Waals surface area contributed by atoms with Crippen LogP contribution in [-0.4, -0.2) is 25.4 Å². The Bertz CT molecular complexity index is 911. The molecule has 2 saturated heterocycles. The molecule has 2 aromatic rings. The van der Waals surface area contributed by atoms with Gasteiger partial charge >= 0.3 is 0 Å². The number of thiocyanates is 1. The summed E-state index contributed by atoms with van der Waals surface area (Å²) in [4.78, 5) is 0.919. The summed E-state index contributed by atoms with van der Waals surface area (Å²) in [5.74, 6) is 0.928. The van der Waals surface area contributed by atoms with E-state index in [2.05, 4.69) is 36.6 Å². The van der Waals surface area contributed by atoms with Crippen LogP contribution in [0.2, 0.25) is 0 Å². The number of rotatable bonds is 11.